The zero-order valence-electron chi connectivity index (χ0n) is 24.4. The average molecular weight is 594 g/mol. The highest BCUT2D eigenvalue weighted by Gasteiger charge is 2.46. The predicted molar refractivity (Wildman–Crippen MR) is 155 cm³/mol. The minimum Gasteiger partial charge on any atom is -0.468 e. The third-order valence-electron chi connectivity index (χ3n) is 8.27. The third-order valence-corrected chi connectivity index (χ3v) is 8.27. The maximum atomic E-state index is 13.2. The summed E-state index contributed by atoms with van der Waals surface area (Å²) in [5.74, 6) is -1.95. The Labute approximate surface area is 249 Å². The molecule has 228 valence electrons. The van der Waals surface area contributed by atoms with Gasteiger partial charge in [0, 0.05) is 24.4 Å². The number of carbonyl (C=O) groups is 4. The van der Waals surface area contributed by atoms with Gasteiger partial charge in [0.2, 0.25) is 6.41 Å². The van der Waals surface area contributed by atoms with E-state index >= 15 is 0 Å². The number of non-ortho nitro benzene ring substituents is 1. The van der Waals surface area contributed by atoms with Crippen LogP contribution in [0.5, 0.6) is 0 Å². The zero-order chi connectivity index (χ0) is 31.1. The van der Waals surface area contributed by atoms with Crippen molar-refractivity contribution in [3.63, 3.8) is 0 Å². The van der Waals surface area contributed by atoms with E-state index in [2.05, 4.69) is 9.89 Å². The SMILES string of the molecule is COC(=O)C1C(C)=NC(=O)N(N(C=O)CCCN2CCC(C(=O)OC)(c3ccccc3)CC2)C1c1ccc([N+](=O)[O-])cc1. The first-order chi connectivity index (χ1) is 20.7. The Morgan fingerprint density at radius 1 is 1.09 bits per heavy atom. The smallest absolute Gasteiger partial charge is 0.362 e. The summed E-state index contributed by atoms with van der Waals surface area (Å²) < 4.78 is 10.2. The summed E-state index contributed by atoms with van der Waals surface area (Å²) >= 11 is 0. The van der Waals surface area contributed by atoms with Crippen LogP contribution in [0.3, 0.4) is 0 Å². The molecule has 2 heterocycles. The maximum absolute atomic E-state index is 13.2. The Morgan fingerprint density at radius 3 is 2.30 bits per heavy atom. The first-order valence-corrected chi connectivity index (χ1v) is 14.0. The topological polar surface area (TPSA) is 152 Å². The van der Waals surface area contributed by atoms with Gasteiger partial charge in [-0.05, 0) is 56.9 Å². The van der Waals surface area contributed by atoms with Gasteiger partial charge in [0.25, 0.3) is 5.69 Å². The molecule has 4 rings (SSSR count). The van der Waals surface area contributed by atoms with E-state index in [1.54, 1.807) is 0 Å². The fourth-order valence-corrected chi connectivity index (χ4v) is 5.97. The van der Waals surface area contributed by atoms with Gasteiger partial charge in [-0.15, -0.1) is 0 Å². The minimum atomic E-state index is -1.03. The molecule has 1 fully saturated rings. The van der Waals surface area contributed by atoms with Crippen molar-refractivity contribution in [2.24, 2.45) is 10.9 Å². The van der Waals surface area contributed by atoms with Crippen LogP contribution in [0.1, 0.15) is 43.4 Å². The Hall–Kier alpha value is -4.65. The summed E-state index contributed by atoms with van der Waals surface area (Å²) in [7, 11) is 2.61. The van der Waals surface area contributed by atoms with Crippen LogP contribution in [0, 0.1) is 16.0 Å². The van der Waals surface area contributed by atoms with Gasteiger partial charge in [0.1, 0.15) is 5.92 Å². The number of carbonyl (C=O) groups excluding carboxylic acids is 4. The molecule has 13 nitrogen and oxygen atoms in total. The van der Waals surface area contributed by atoms with Crippen LogP contribution in [0.15, 0.2) is 59.6 Å². The molecular weight excluding hydrogens is 558 g/mol. The average Bonchev–Trinajstić information content (AvgIpc) is 3.03. The molecule has 2 aliphatic heterocycles. The first kappa shape index (κ1) is 31.3. The second kappa shape index (κ2) is 13.6. The number of ether oxygens (including phenoxy) is 2. The summed E-state index contributed by atoms with van der Waals surface area (Å²) in [5.41, 5.74) is 0.660. The number of hydrogen-bond donors (Lipinski definition) is 0. The summed E-state index contributed by atoms with van der Waals surface area (Å²) in [6.07, 6.45) is 2.14. The van der Waals surface area contributed by atoms with Gasteiger partial charge in [-0.3, -0.25) is 29.5 Å². The molecule has 0 N–H and O–H groups in total. The molecule has 0 radical (unpaired) electrons. The van der Waals surface area contributed by atoms with E-state index in [1.165, 1.54) is 50.4 Å². The van der Waals surface area contributed by atoms with E-state index in [4.69, 9.17) is 9.47 Å². The summed E-state index contributed by atoms with van der Waals surface area (Å²) in [4.78, 5) is 68.1. The van der Waals surface area contributed by atoms with Crippen molar-refractivity contribution < 1.29 is 33.6 Å². The second-order valence-corrected chi connectivity index (χ2v) is 10.6. The Morgan fingerprint density at radius 2 is 1.74 bits per heavy atom. The predicted octanol–water partition coefficient (Wildman–Crippen LogP) is 3.29. The molecule has 2 unspecified atom stereocenters. The number of hydrazine groups is 1. The number of esters is 2. The number of nitro benzene ring substituents is 1. The fourth-order valence-electron chi connectivity index (χ4n) is 5.97. The highest BCUT2D eigenvalue weighted by molar-refractivity contribution is 6.08. The molecule has 2 atom stereocenters. The molecule has 2 aromatic carbocycles. The van der Waals surface area contributed by atoms with Crippen LogP contribution >= 0.6 is 0 Å². The van der Waals surface area contributed by atoms with Gasteiger partial charge in [0.05, 0.1) is 30.6 Å². The largest absolute Gasteiger partial charge is 0.468 e. The van der Waals surface area contributed by atoms with E-state index in [-0.39, 0.29) is 23.9 Å². The normalized spacial score (nSPS) is 20.1. The van der Waals surface area contributed by atoms with Crippen molar-refractivity contribution in [1.82, 2.24) is 14.9 Å². The molecule has 2 aliphatic rings. The Bertz CT molecular complexity index is 1370. The number of piperidine rings is 1. The van der Waals surface area contributed by atoms with Crippen LogP contribution in [0.2, 0.25) is 0 Å². The molecule has 0 spiro atoms. The Balaban J connectivity index is 1.49. The van der Waals surface area contributed by atoms with Crippen molar-refractivity contribution in [1.29, 1.82) is 0 Å². The van der Waals surface area contributed by atoms with E-state index in [1.807, 2.05) is 30.3 Å². The number of likely N-dealkylation sites (tertiary alicyclic amines) is 1. The van der Waals surface area contributed by atoms with Gasteiger partial charge in [-0.2, -0.15) is 0 Å². The van der Waals surface area contributed by atoms with Crippen molar-refractivity contribution in [2.45, 2.75) is 37.6 Å². The molecule has 0 bridgehead atoms. The number of nitrogens with zero attached hydrogens (tertiary/aromatic N) is 5. The molecule has 0 saturated carbocycles. The summed E-state index contributed by atoms with van der Waals surface area (Å²) in [6, 6.07) is 13.3. The number of amides is 3. The molecule has 3 amide bonds. The van der Waals surface area contributed by atoms with Crippen molar-refractivity contribution >= 4 is 35.8 Å². The molecule has 13 heteroatoms. The maximum Gasteiger partial charge on any atom is 0.362 e. The monoisotopic (exact) mass is 593 g/mol. The molecular formula is C30H35N5O8. The number of hydrogen-bond acceptors (Lipinski definition) is 9. The zero-order valence-corrected chi connectivity index (χ0v) is 24.4. The van der Waals surface area contributed by atoms with Crippen LogP contribution in [-0.4, -0.2) is 90.3 Å². The summed E-state index contributed by atoms with van der Waals surface area (Å²) in [6.45, 7) is 3.52. The van der Waals surface area contributed by atoms with Crippen molar-refractivity contribution in [2.75, 3.05) is 40.4 Å². The van der Waals surface area contributed by atoms with Gasteiger partial charge >= 0.3 is 18.0 Å². The fraction of sp³-hybridized carbons (Fsp3) is 0.433. The lowest BCUT2D eigenvalue weighted by Crippen LogP contribution is -2.55. The Kier molecular flexibility index (Phi) is 9.86. The van der Waals surface area contributed by atoms with E-state index in [0.717, 1.165) is 10.6 Å². The molecule has 0 aliphatic carbocycles. The van der Waals surface area contributed by atoms with E-state index < -0.39 is 34.3 Å². The lowest BCUT2D eigenvalue weighted by Gasteiger charge is -2.43. The number of nitro groups is 1. The van der Waals surface area contributed by atoms with Crippen LogP contribution in [0.25, 0.3) is 0 Å². The van der Waals surface area contributed by atoms with Crippen LogP contribution < -0.4 is 0 Å². The lowest BCUT2D eigenvalue weighted by atomic mass is 9.72. The van der Waals surface area contributed by atoms with Crippen molar-refractivity contribution in [3.05, 3.63) is 75.8 Å². The van der Waals surface area contributed by atoms with Gasteiger partial charge in [-0.25, -0.2) is 14.8 Å². The highest BCUT2D eigenvalue weighted by Crippen LogP contribution is 2.38. The van der Waals surface area contributed by atoms with E-state index in [0.29, 0.717) is 50.9 Å². The molecule has 0 aromatic heterocycles. The third kappa shape index (κ3) is 6.41. The number of benzene rings is 2. The van der Waals surface area contributed by atoms with E-state index in [9.17, 15) is 29.3 Å². The van der Waals surface area contributed by atoms with Gasteiger partial charge in [0.15, 0.2) is 0 Å². The van der Waals surface area contributed by atoms with Crippen LogP contribution in [-0.2, 0) is 29.3 Å². The second-order valence-electron chi connectivity index (χ2n) is 10.6. The van der Waals surface area contributed by atoms with Crippen LogP contribution in [0.4, 0.5) is 10.5 Å². The summed E-state index contributed by atoms with van der Waals surface area (Å²) in [5, 5.41) is 13.5. The number of rotatable bonds is 11. The lowest BCUT2D eigenvalue weighted by molar-refractivity contribution is -0.384. The molecule has 2 aromatic rings. The molecule has 1 saturated heterocycles. The van der Waals surface area contributed by atoms with Crippen molar-refractivity contribution in [3.8, 4) is 0 Å². The van der Waals surface area contributed by atoms with Gasteiger partial charge in [-0.1, -0.05) is 42.5 Å². The first-order valence-electron chi connectivity index (χ1n) is 14.0. The number of urea groups is 1. The number of methoxy groups -OCH3 is 2. The quantitative estimate of drug-likeness (QED) is 0.165. The minimum absolute atomic E-state index is 0.137. The molecule has 43 heavy (non-hydrogen) atoms. The van der Waals surface area contributed by atoms with Gasteiger partial charge < -0.3 is 14.4 Å². The standard InChI is InChI=1S/C30H35N5O8/c1-21-25(27(37)42-2)26(22-10-12-24(13-11-22)35(40)41)34(29(39)31-21)33(20-36)17-7-16-32-18-14-30(15-19-32,28(38)43-3)23-8-5-4-6-9-23/h4-6,8-13,20,25-26H,7,14-19H2,1-3H3. The number of aliphatic imine (C=N–C) groups is 1. The highest BCUT2D eigenvalue weighted by atomic mass is 16.6.